The first kappa shape index (κ1) is 17.1. The standard InChI is InChI=1S/C17H25N5OS/c1-4-22-16(10-13(2)19-22)17(23)21-7-5-6-20(8-9-21)11-15-12-24-14(3)18-15/h10,12H,4-9,11H2,1-3H3. The summed E-state index contributed by atoms with van der Waals surface area (Å²) in [5.74, 6) is 0.101. The second-order valence-electron chi connectivity index (χ2n) is 6.27. The molecule has 0 aromatic carbocycles. The van der Waals surface area contributed by atoms with Gasteiger partial charge in [0.15, 0.2) is 0 Å². The SMILES string of the molecule is CCn1nc(C)cc1C(=O)N1CCCN(Cc2csc(C)n2)CC1. The second kappa shape index (κ2) is 7.44. The Balaban J connectivity index is 1.63. The van der Waals surface area contributed by atoms with Gasteiger partial charge in [-0.25, -0.2) is 4.98 Å². The Morgan fingerprint density at radius 3 is 2.79 bits per heavy atom. The lowest BCUT2D eigenvalue weighted by atomic mass is 10.3. The Morgan fingerprint density at radius 2 is 2.08 bits per heavy atom. The molecule has 6 nitrogen and oxygen atoms in total. The number of aromatic nitrogens is 3. The van der Waals surface area contributed by atoms with Crippen LogP contribution in [0.3, 0.4) is 0 Å². The van der Waals surface area contributed by atoms with E-state index in [0.29, 0.717) is 5.69 Å². The molecule has 1 aliphatic rings. The van der Waals surface area contributed by atoms with Gasteiger partial charge in [-0.3, -0.25) is 14.4 Å². The lowest BCUT2D eigenvalue weighted by Gasteiger charge is -2.21. The van der Waals surface area contributed by atoms with Crippen molar-refractivity contribution in [2.24, 2.45) is 0 Å². The average molecular weight is 347 g/mol. The number of carbonyl (C=O) groups is 1. The van der Waals surface area contributed by atoms with Gasteiger partial charge in [-0.2, -0.15) is 5.10 Å². The number of aryl methyl sites for hydroxylation is 3. The number of thiazole rings is 1. The molecule has 0 N–H and O–H groups in total. The lowest BCUT2D eigenvalue weighted by molar-refractivity contribution is 0.0748. The third-order valence-electron chi connectivity index (χ3n) is 4.35. The van der Waals surface area contributed by atoms with Gasteiger partial charge >= 0.3 is 0 Å². The molecular weight excluding hydrogens is 322 g/mol. The Bertz CT molecular complexity index is 708. The summed E-state index contributed by atoms with van der Waals surface area (Å²) in [6, 6.07) is 1.90. The van der Waals surface area contributed by atoms with E-state index in [9.17, 15) is 4.79 Å². The van der Waals surface area contributed by atoms with Crippen LogP contribution in [0.15, 0.2) is 11.4 Å². The number of hydrogen-bond acceptors (Lipinski definition) is 5. The van der Waals surface area contributed by atoms with Crippen LogP contribution in [0, 0.1) is 13.8 Å². The highest BCUT2D eigenvalue weighted by molar-refractivity contribution is 7.09. The van der Waals surface area contributed by atoms with Crippen LogP contribution >= 0.6 is 11.3 Å². The van der Waals surface area contributed by atoms with Crippen LogP contribution in [0.5, 0.6) is 0 Å². The highest BCUT2D eigenvalue weighted by Gasteiger charge is 2.23. The van der Waals surface area contributed by atoms with E-state index in [0.717, 1.165) is 62.1 Å². The summed E-state index contributed by atoms with van der Waals surface area (Å²) in [4.78, 5) is 21.8. The van der Waals surface area contributed by atoms with Gasteiger partial charge in [-0.1, -0.05) is 0 Å². The Hall–Kier alpha value is -1.73. The molecule has 0 aliphatic carbocycles. The highest BCUT2D eigenvalue weighted by atomic mass is 32.1. The van der Waals surface area contributed by atoms with Gasteiger partial charge in [-0.05, 0) is 33.3 Å². The van der Waals surface area contributed by atoms with Gasteiger partial charge < -0.3 is 4.90 Å². The average Bonchev–Trinajstić information content (AvgIpc) is 3.06. The van der Waals surface area contributed by atoms with Gasteiger partial charge in [0.05, 0.1) is 16.4 Å². The summed E-state index contributed by atoms with van der Waals surface area (Å²) in [5, 5.41) is 7.63. The van der Waals surface area contributed by atoms with Crippen LogP contribution in [0.25, 0.3) is 0 Å². The van der Waals surface area contributed by atoms with Crippen molar-refractivity contribution in [1.29, 1.82) is 0 Å². The summed E-state index contributed by atoms with van der Waals surface area (Å²) in [7, 11) is 0. The monoisotopic (exact) mass is 347 g/mol. The highest BCUT2D eigenvalue weighted by Crippen LogP contribution is 2.14. The van der Waals surface area contributed by atoms with E-state index in [1.165, 1.54) is 0 Å². The fourth-order valence-electron chi connectivity index (χ4n) is 3.16. The van der Waals surface area contributed by atoms with Crippen LogP contribution < -0.4 is 0 Å². The lowest BCUT2D eigenvalue weighted by Crippen LogP contribution is -2.36. The molecule has 130 valence electrons. The number of rotatable bonds is 4. The second-order valence-corrected chi connectivity index (χ2v) is 7.33. The molecule has 24 heavy (non-hydrogen) atoms. The van der Waals surface area contributed by atoms with Crippen LogP contribution in [0.1, 0.15) is 40.2 Å². The summed E-state index contributed by atoms with van der Waals surface area (Å²) in [5.41, 5.74) is 2.74. The normalized spacial score (nSPS) is 16.4. The summed E-state index contributed by atoms with van der Waals surface area (Å²) in [6.07, 6.45) is 0.994. The fraction of sp³-hybridized carbons (Fsp3) is 0.588. The van der Waals surface area contributed by atoms with Crippen molar-refractivity contribution in [2.45, 2.75) is 40.3 Å². The van der Waals surface area contributed by atoms with Crippen molar-refractivity contribution in [2.75, 3.05) is 26.2 Å². The topological polar surface area (TPSA) is 54.3 Å². The summed E-state index contributed by atoms with van der Waals surface area (Å²) in [6.45, 7) is 11.0. The fourth-order valence-corrected chi connectivity index (χ4v) is 3.77. The van der Waals surface area contributed by atoms with E-state index in [1.54, 1.807) is 16.0 Å². The maximum atomic E-state index is 12.8. The van der Waals surface area contributed by atoms with Crippen LogP contribution in [-0.2, 0) is 13.1 Å². The third-order valence-corrected chi connectivity index (χ3v) is 5.17. The van der Waals surface area contributed by atoms with Gasteiger partial charge in [0.1, 0.15) is 5.69 Å². The van der Waals surface area contributed by atoms with Crippen LogP contribution in [0.2, 0.25) is 0 Å². The molecule has 0 bridgehead atoms. The maximum Gasteiger partial charge on any atom is 0.272 e. The molecule has 1 saturated heterocycles. The zero-order valence-electron chi connectivity index (χ0n) is 14.7. The number of hydrogen-bond donors (Lipinski definition) is 0. The Kier molecular flexibility index (Phi) is 5.30. The van der Waals surface area contributed by atoms with Crippen molar-refractivity contribution in [3.8, 4) is 0 Å². The van der Waals surface area contributed by atoms with Crippen molar-refractivity contribution >= 4 is 17.2 Å². The van der Waals surface area contributed by atoms with E-state index >= 15 is 0 Å². The molecule has 0 atom stereocenters. The molecular formula is C17H25N5OS. The maximum absolute atomic E-state index is 12.8. The van der Waals surface area contributed by atoms with E-state index in [1.807, 2.05) is 31.7 Å². The van der Waals surface area contributed by atoms with E-state index in [-0.39, 0.29) is 5.91 Å². The summed E-state index contributed by atoms with van der Waals surface area (Å²) >= 11 is 1.70. The molecule has 1 fully saturated rings. The van der Waals surface area contributed by atoms with Gasteiger partial charge in [0.2, 0.25) is 0 Å². The molecule has 2 aromatic rings. The molecule has 2 aromatic heterocycles. The molecule has 1 amide bonds. The van der Waals surface area contributed by atoms with Crippen molar-refractivity contribution < 1.29 is 4.79 Å². The first-order valence-corrected chi connectivity index (χ1v) is 9.42. The Morgan fingerprint density at radius 1 is 1.25 bits per heavy atom. The predicted molar refractivity (Wildman–Crippen MR) is 95.3 cm³/mol. The third kappa shape index (κ3) is 3.84. The predicted octanol–water partition coefficient (Wildman–Crippen LogP) is 2.32. The minimum Gasteiger partial charge on any atom is -0.336 e. The largest absolute Gasteiger partial charge is 0.336 e. The molecule has 0 unspecified atom stereocenters. The van der Waals surface area contributed by atoms with Crippen LogP contribution in [-0.4, -0.2) is 56.7 Å². The number of carbonyl (C=O) groups excluding carboxylic acids is 1. The van der Waals surface area contributed by atoms with Gasteiger partial charge in [0.25, 0.3) is 5.91 Å². The van der Waals surface area contributed by atoms with Crippen LogP contribution in [0.4, 0.5) is 0 Å². The molecule has 1 aliphatic heterocycles. The molecule has 3 heterocycles. The zero-order chi connectivity index (χ0) is 17.1. The smallest absolute Gasteiger partial charge is 0.272 e. The summed E-state index contributed by atoms with van der Waals surface area (Å²) < 4.78 is 1.80. The van der Waals surface area contributed by atoms with Gasteiger partial charge in [0, 0.05) is 44.6 Å². The molecule has 3 rings (SSSR count). The number of nitrogens with zero attached hydrogens (tertiary/aromatic N) is 5. The first-order chi connectivity index (χ1) is 11.6. The van der Waals surface area contributed by atoms with Gasteiger partial charge in [-0.15, -0.1) is 11.3 Å². The quantitative estimate of drug-likeness (QED) is 0.852. The van der Waals surface area contributed by atoms with Crippen molar-refractivity contribution in [1.82, 2.24) is 24.6 Å². The number of amides is 1. The van der Waals surface area contributed by atoms with E-state index in [2.05, 4.69) is 20.4 Å². The van der Waals surface area contributed by atoms with E-state index in [4.69, 9.17) is 0 Å². The molecule has 7 heteroatoms. The molecule has 0 spiro atoms. The first-order valence-electron chi connectivity index (χ1n) is 8.54. The minimum absolute atomic E-state index is 0.101. The van der Waals surface area contributed by atoms with Crippen molar-refractivity contribution in [3.05, 3.63) is 33.5 Å². The minimum atomic E-state index is 0.101. The van der Waals surface area contributed by atoms with Crippen molar-refractivity contribution in [3.63, 3.8) is 0 Å². The Labute approximate surface area is 147 Å². The van der Waals surface area contributed by atoms with E-state index < -0.39 is 0 Å². The zero-order valence-corrected chi connectivity index (χ0v) is 15.5. The molecule has 0 radical (unpaired) electrons. The molecule has 0 saturated carbocycles.